The molecule has 5 rings (SSSR count). The quantitative estimate of drug-likeness (QED) is 0.194. The normalized spacial score (nSPS) is 21.1. The van der Waals surface area contributed by atoms with Crippen LogP contribution in [0.2, 0.25) is 0 Å². The molecule has 2 N–H and O–H groups in total. The molecule has 0 amide bonds. The summed E-state index contributed by atoms with van der Waals surface area (Å²) >= 11 is 0. The van der Waals surface area contributed by atoms with Gasteiger partial charge in [-0.3, -0.25) is 14.3 Å². The lowest BCUT2D eigenvalue weighted by molar-refractivity contribution is -0.344. The van der Waals surface area contributed by atoms with Gasteiger partial charge in [0.15, 0.2) is 5.72 Å². The van der Waals surface area contributed by atoms with Crippen molar-refractivity contribution >= 4 is 0 Å². The summed E-state index contributed by atoms with van der Waals surface area (Å²) in [5.74, 6) is 0.591. The van der Waals surface area contributed by atoms with Gasteiger partial charge in [0.2, 0.25) is 0 Å². The Kier molecular flexibility index (Phi) is 7.49. The summed E-state index contributed by atoms with van der Waals surface area (Å²) in [6.45, 7) is -0.332. The van der Waals surface area contributed by atoms with Crippen LogP contribution < -0.4 is 16.0 Å². The number of aromatic amines is 1. The zero-order chi connectivity index (χ0) is 27.5. The Morgan fingerprint density at radius 3 is 2.15 bits per heavy atom. The van der Waals surface area contributed by atoms with Gasteiger partial charge in [-0.05, 0) is 28.8 Å². The molecule has 9 nitrogen and oxygen atoms in total. The molecule has 0 spiro atoms. The molecule has 0 radical (unpaired) electrons. The SMILES string of the molecule is COO[C@@H]1C[C@@H](CO)O[C@]1(n1ccc(=O)[nH]c1=O)C(c1ccccc1)(c1ccccc1)c1cccc(OC)c1. The zero-order valence-electron chi connectivity index (χ0n) is 21.7. The molecular formula is C30H30N2O7. The predicted molar refractivity (Wildman–Crippen MR) is 144 cm³/mol. The fraction of sp³-hybridized carbons (Fsp3) is 0.267. The molecule has 3 atom stereocenters. The number of methoxy groups -OCH3 is 1. The number of nitrogens with one attached hydrogen (secondary N) is 1. The van der Waals surface area contributed by atoms with E-state index in [9.17, 15) is 14.7 Å². The van der Waals surface area contributed by atoms with Crippen LogP contribution in [0, 0.1) is 0 Å². The summed E-state index contributed by atoms with van der Waals surface area (Å²) in [4.78, 5) is 39.4. The van der Waals surface area contributed by atoms with Gasteiger partial charge in [0.05, 0.1) is 32.3 Å². The number of hydrogen-bond donors (Lipinski definition) is 2. The van der Waals surface area contributed by atoms with E-state index in [2.05, 4.69) is 4.98 Å². The van der Waals surface area contributed by atoms with E-state index in [1.807, 2.05) is 84.9 Å². The van der Waals surface area contributed by atoms with Gasteiger partial charge < -0.3 is 14.6 Å². The van der Waals surface area contributed by atoms with Crippen molar-refractivity contribution in [2.75, 3.05) is 20.8 Å². The van der Waals surface area contributed by atoms with E-state index in [0.717, 1.165) is 16.7 Å². The predicted octanol–water partition coefficient (Wildman–Crippen LogP) is 2.96. The first kappa shape index (κ1) is 26.6. The number of benzene rings is 3. The van der Waals surface area contributed by atoms with Crippen molar-refractivity contribution in [1.82, 2.24) is 9.55 Å². The van der Waals surface area contributed by atoms with Gasteiger partial charge in [-0.15, -0.1) is 0 Å². The van der Waals surface area contributed by atoms with Gasteiger partial charge in [-0.25, -0.2) is 14.6 Å². The molecule has 1 saturated heterocycles. The van der Waals surface area contributed by atoms with Gasteiger partial charge in [0.1, 0.15) is 11.9 Å². The Labute approximate surface area is 225 Å². The molecule has 9 heteroatoms. The summed E-state index contributed by atoms with van der Waals surface area (Å²) in [6.07, 6.45) is -0.0501. The van der Waals surface area contributed by atoms with E-state index < -0.39 is 34.6 Å². The molecular weight excluding hydrogens is 500 g/mol. The third kappa shape index (κ3) is 4.29. The number of aliphatic hydroxyl groups excluding tert-OH is 1. The van der Waals surface area contributed by atoms with E-state index in [-0.39, 0.29) is 13.0 Å². The molecule has 4 aromatic rings. The minimum atomic E-state index is -1.70. The van der Waals surface area contributed by atoms with Crippen molar-refractivity contribution in [3.05, 3.63) is 135 Å². The first-order valence-corrected chi connectivity index (χ1v) is 12.6. The maximum absolute atomic E-state index is 13.7. The van der Waals surface area contributed by atoms with E-state index >= 15 is 0 Å². The van der Waals surface area contributed by atoms with Crippen LogP contribution in [0.1, 0.15) is 23.1 Å². The van der Waals surface area contributed by atoms with Crippen LogP contribution in [0.5, 0.6) is 5.75 Å². The molecule has 0 bridgehead atoms. The van der Waals surface area contributed by atoms with Gasteiger partial charge in [-0.2, -0.15) is 0 Å². The molecule has 1 aliphatic rings. The van der Waals surface area contributed by atoms with Crippen LogP contribution in [-0.4, -0.2) is 47.7 Å². The van der Waals surface area contributed by atoms with Crippen LogP contribution >= 0.6 is 0 Å². The molecule has 39 heavy (non-hydrogen) atoms. The minimum Gasteiger partial charge on any atom is -0.497 e. The Hall–Kier alpha value is -4.02. The number of aromatic nitrogens is 2. The smallest absolute Gasteiger partial charge is 0.330 e. The second-order valence-corrected chi connectivity index (χ2v) is 9.30. The molecule has 1 aromatic heterocycles. The largest absolute Gasteiger partial charge is 0.497 e. The average Bonchev–Trinajstić information content (AvgIpc) is 3.34. The van der Waals surface area contributed by atoms with E-state index in [0.29, 0.717) is 5.75 Å². The van der Waals surface area contributed by atoms with Crippen molar-refractivity contribution < 1.29 is 24.4 Å². The highest BCUT2D eigenvalue weighted by Gasteiger charge is 2.67. The fourth-order valence-electron chi connectivity index (χ4n) is 5.86. The van der Waals surface area contributed by atoms with Crippen LogP contribution in [0.4, 0.5) is 0 Å². The first-order valence-electron chi connectivity index (χ1n) is 12.6. The molecule has 0 unspecified atom stereocenters. The molecule has 3 aromatic carbocycles. The topological polar surface area (TPSA) is 112 Å². The number of ether oxygens (including phenoxy) is 2. The van der Waals surface area contributed by atoms with Crippen molar-refractivity contribution in [2.24, 2.45) is 0 Å². The third-order valence-electron chi connectivity index (χ3n) is 7.31. The van der Waals surface area contributed by atoms with Crippen LogP contribution in [0.3, 0.4) is 0 Å². The molecule has 1 aliphatic heterocycles. The number of rotatable bonds is 9. The Morgan fingerprint density at radius 1 is 0.949 bits per heavy atom. The molecule has 2 heterocycles. The lowest BCUT2D eigenvalue weighted by Crippen LogP contribution is -2.64. The fourth-order valence-corrected chi connectivity index (χ4v) is 5.86. The maximum atomic E-state index is 13.7. The van der Waals surface area contributed by atoms with Gasteiger partial charge in [0.25, 0.3) is 5.56 Å². The van der Waals surface area contributed by atoms with Crippen molar-refractivity contribution in [3.8, 4) is 5.75 Å². The molecule has 0 saturated carbocycles. The van der Waals surface area contributed by atoms with Gasteiger partial charge in [-0.1, -0.05) is 72.8 Å². The van der Waals surface area contributed by atoms with Crippen LogP contribution in [-0.2, 0) is 25.7 Å². The number of nitrogens with zero attached hydrogens (tertiary/aromatic N) is 1. The minimum absolute atomic E-state index is 0.196. The second kappa shape index (κ2) is 11.0. The van der Waals surface area contributed by atoms with Crippen molar-refractivity contribution in [2.45, 2.75) is 29.8 Å². The summed E-state index contributed by atoms with van der Waals surface area (Å²) in [5, 5.41) is 10.3. The zero-order valence-corrected chi connectivity index (χ0v) is 21.7. The highest BCUT2D eigenvalue weighted by molar-refractivity contribution is 5.55. The van der Waals surface area contributed by atoms with Crippen LogP contribution in [0.25, 0.3) is 0 Å². The Bertz CT molecular complexity index is 1480. The molecule has 202 valence electrons. The molecule has 1 fully saturated rings. The van der Waals surface area contributed by atoms with Crippen molar-refractivity contribution in [1.29, 1.82) is 0 Å². The van der Waals surface area contributed by atoms with Gasteiger partial charge >= 0.3 is 5.69 Å². The lowest BCUT2D eigenvalue weighted by atomic mass is 9.61. The monoisotopic (exact) mass is 530 g/mol. The van der Waals surface area contributed by atoms with Crippen molar-refractivity contribution in [3.63, 3.8) is 0 Å². The average molecular weight is 531 g/mol. The lowest BCUT2D eigenvalue weighted by Gasteiger charge is -2.51. The Balaban J connectivity index is 2.04. The highest BCUT2D eigenvalue weighted by Crippen LogP contribution is 2.57. The van der Waals surface area contributed by atoms with E-state index in [1.54, 1.807) is 7.11 Å². The summed E-state index contributed by atoms with van der Waals surface area (Å²) in [6, 6.07) is 28.0. The molecule has 0 aliphatic carbocycles. The van der Waals surface area contributed by atoms with Gasteiger partial charge in [0, 0.05) is 18.7 Å². The summed E-state index contributed by atoms with van der Waals surface area (Å²) in [5.41, 5.74) is -1.99. The maximum Gasteiger partial charge on any atom is 0.330 e. The van der Waals surface area contributed by atoms with Crippen LogP contribution in [0.15, 0.2) is 107 Å². The highest BCUT2D eigenvalue weighted by atomic mass is 17.2. The number of H-pyrrole nitrogens is 1. The van der Waals surface area contributed by atoms with E-state index in [4.69, 9.17) is 19.2 Å². The number of aliphatic hydroxyl groups is 1. The summed E-state index contributed by atoms with van der Waals surface area (Å²) in [7, 11) is 2.96. The van der Waals surface area contributed by atoms with E-state index in [1.165, 1.54) is 23.9 Å². The standard InChI is InChI=1S/C30H30N2O7/c1-36-24-15-9-14-23(18-24)29(21-10-5-3-6-11-21,22-12-7-4-8-13-22)30(32-17-16-27(34)31-28(32)35)26(39-37-2)19-25(20-33)38-30/h3-18,25-26,33H,19-20H2,1-2H3,(H,31,34,35)/t25-,26+,30-/m0/s1. The number of hydrogen-bond acceptors (Lipinski definition) is 7. The Morgan fingerprint density at radius 2 is 1.59 bits per heavy atom. The third-order valence-corrected chi connectivity index (χ3v) is 7.31. The second-order valence-electron chi connectivity index (χ2n) is 9.30. The summed E-state index contributed by atoms with van der Waals surface area (Å²) < 4.78 is 13.8. The first-order chi connectivity index (χ1) is 19.0.